The fraction of sp³-hybridized carbons (Fsp3) is 1.00. The van der Waals surface area contributed by atoms with Crippen LogP contribution in [0, 0.1) is 0 Å². The van der Waals surface area contributed by atoms with Gasteiger partial charge in [0.2, 0.25) is 0 Å². The Labute approximate surface area is 84.0 Å². The van der Waals surface area contributed by atoms with Crippen molar-refractivity contribution in [1.29, 1.82) is 0 Å². The van der Waals surface area contributed by atoms with Gasteiger partial charge < -0.3 is 25.0 Å². The van der Waals surface area contributed by atoms with Crippen LogP contribution in [0.15, 0.2) is 0 Å². The van der Waals surface area contributed by atoms with E-state index in [0.717, 1.165) is 13.0 Å². The standard InChI is InChI=1S/C9H19NO4/c1-13-9(2-3-14-7-9)6-10-4-8(12)5-11/h8,10-12H,2-7H2,1H3. The molecule has 1 saturated heterocycles. The Kier molecular flexibility index (Phi) is 4.77. The van der Waals surface area contributed by atoms with E-state index < -0.39 is 6.10 Å². The van der Waals surface area contributed by atoms with Crippen LogP contribution < -0.4 is 5.32 Å². The molecule has 5 nitrogen and oxygen atoms in total. The highest BCUT2D eigenvalue weighted by Crippen LogP contribution is 2.21. The molecule has 1 heterocycles. The van der Waals surface area contributed by atoms with Gasteiger partial charge in [-0.1, -0.05) is 0 Å². The highest BCUT2D eigenvalue weighted by atomic mass is 16.5. The number of ether oxygens (including phenoxy) is 2. The molecule has 0 aliphatic carbocycles. The van der Waals surface area contributed by atoms with Gasteiger partial charge in [0.25, 0.3) is 0 Å². The Morgan fingerprint density at radius 2 is 2.43 bits per heavy atom. The molecule has 1 aliphatic heterocycles. The number of hydrogen-bond acceptors (Lipinski definition) is 5. The maximum Gasteiger partial charge on any atom is 0.106 e. The SMILES string of the molecule is COC1(CNCC(O)CO)CCOC1. The number of aliphatic hydroxyl groups excluding tert-OH is 2. The Balaban J connectivity index is 2.21. The molecule has 2 atom stereocenters. The van der Waals surface area contributed by atoms with Crippen LogP contribution in [0.1, 0.15) is 6.42 Å². The average Bonchev–Trinajstić information content (AvgIpc) is 2.67. The van der Waals surface area contributed by atoms with Crippen molar-refractivity contribution in [2.45, 2.75) is 18.1 Å². The van der Waals surface area contributed by atoms with Gasteiger partial charge in [0.1, 0.15) is 5.60 Å². The van der Waals surface area contributed by atoms with Crippen molar-refractivity contribution < 1.29 is 19.7 Å². The van der Waals surface area contributed by atoms with Crippen molar-refractivity contribution in [1.82, 2.24) is 5.32 Å². The second-order valence-corrected chi connectivity index (χ2v) is 3.66. The van der Waals surface area contributed by atoms with Crippen molar-refractivity contribution in [2.75, 3.05) is 40.0 Å². The summed E-state index contributed by atoms with van der Waals surface area (Å²) in [6.45, 7) is 2.11. The maximum absolute atomic E-state index is 9.10. The third-order valence-corrected chi connectivity index (χ3v) is 2.54. The third-order valence-electron chi connectivity index (χ3n) is 2.54. The first-order chi connectivity index (χ1) is 6.72. The van der Waals surface area contributed by atoms with Gasteiger partial charge in [-0.15, -0.1) is 0 Å². The van der Waals surface area contributed by atoms with Crippen LogP contribution >= 0.6 is 0 Å². The molecule has 14 heavy (non-hydrogen) atoms. The monoisotopic (exact) mass is 205 g/mol. The summed E-state index contributed by atoms with van der Waals surface area (Å²) >= 11 is 0. The molecule has 0 amide bonds. The maximum atomic E-state index is 9.10. The van der Waals surface area contributed by atoms with Gasteiger partial charge in [0, 0.05) is 33.2 Å². The molecule has 84 valence electrons. The Hall–Kier alpha value is -0.200. The first-order valence-corrected chi connectivity index (χ1v) is 4.85. The lowest BCUT2D eigenvalue weighted by Crippen LogP contribution is -2.45. The van der Waals surface area contributed by atoms with Crippen LogP contribution in [-0.2, 0) is 9.47 Å². The third kappa shape index (κ3) is 3.18. The van der Waals surface area contributed by atoms with E-state index in [-0.39, 0.29) is 12.2 Å². The molecule has 1 fully saturated rings. The van der Waals surface area contributed by atoms with Gasteiger partial charge in [0.15, 0.2) is 0 Å². The summed E-state index contributed by atoms with van der Waals surface area (Å²) in [6.07, 6.45) is 0.164. The van der Waals surface area contributed by atoms with Crippen LogP contribution in [0.5, 0.6) is 0 Å². The number of hydrogen-bond donors (Lipinski definition) is 3. The lowest BCUT2D eigenvalue weighted by molar-refractivity contribution is -0.0182. The molecule has 1 rings (SSSR count). The van der Waals surface area contributed by atoms with E-state index in [1.165, 1.54) is 0 Å². The van der Waals surface area contributed by atoms with Gasteiger partial charge in [-0.2, -0.15) is 0 Å². The lowest BCUT2D eigenvalue weighted by atomic mass is 10.0. The fourth-order valence-corrected chi connectivity index (χ4v) is 1.49. The molecule has 0 spiro atoms. The molecular weight excluding hydrogens is 186 g/mol. The Morgan fingerprint density at radius 1 is 1.64 bits per heavy atom. The number of nitrogens with one attached hydrogen (secondary N) is 1. The summed E-state index contributed by atoms with van der Waals surface area (Å²) in [7, 11) is 1.67. The Bertz CT molecular complexity index is 159. The molecule has 0 saturated carbocycles. The van der Waals surface area contributed by atoms with E-state index in [1.54, 1.807) is 7.11 Å². The smallest absolute Gasteiger partial charge is 0.106 e. The van der Waals surface area contributed by atoms with Gasteiger partial charge in [-0.25, -0.2) is 0 Å². The van der Waals surface area contributed by atoms with Crippen molar-refractivity contribution in [3.63, 3.8) is 0 Å². The van der Waals surface area contributed by atoms with Gasteiger partial charge in [-0.05, 0) is 0 Å². The summed E-state index contributed by atoms with van der Waals surface area (Å²) in [5.74, 6) is 0. The lowest BCUT2D eigenvalue weighted by Gasteiger charge is -2.26. The van der Waals surface area contributed by atoms with Crippen molar-refractivity contribution in [2.24, 2.45) is 0 Å². The van der Waals surface area contributed by atoms with Gasteiger partial charge in [0.05, 0.1) is 19.3 Å². The predicted molar refractivity (Wildman–Crippen MR) is 51.1 cm³/mol. The van der Waals surface area contributed by atoms with E-state index in [1.807, 2.05) is 0 Å². The summed E-state index contributed by atoms with van der Waals surface area (Å²) < 4.78 is 10.6. The topological polar surface area (TPSA) is 71.0 Å². The number of rotatable bonds is 6. The molecular formula is C9H19NO4. The molecule has 0 aromatic carbocycles. The molecule has 5 heteroatoms. The summed E-state index contributed by atoms with van der Waals surface area (Å²) in [6, 6.07) is 0. The largest absolute Gasteiger partial charge is 0.394 e. The number of aliphatic hydroxyl groups is 2. The molecule has 0 radical (unpaired) electrons. The van der Waals surface area contributed by atoms with E-state index in [9.17, 15) is 0 Å². The van der Waals surface area contributed by atoms with E-state index >= 15 is 0 Å². The minimum absolute atomic E-state index is 0.219. The highest BCUT2D eigenvalue weighted by molar-refractivity contribution is 4.87. The second kappa shape index (κ2) is 5.63. The van der Waals surface area contributed by atoms with Gasteiger partial charge >= 0.3 is 0 Å². The second-order valence-electron chi connectivity index (χ2n) is 3.66. The Morgan fingerprint density at radius 3 is 2.93 bits per heavy atom. The number of methoxy groups -OCH3 is 1. The first-order valence-electron chi connectivity index (χ1n) is 4.85. The minimum Gasteiger partial charge on any atom is -0.394 e. The molecule has 3 N–H and O–H groups in total. The van der Waals surface area contributed by atoms with Crippen LogP contribution in [0.25, 0.3) is 0 Å². The molecule has 0 aromatic rings. The van der Waals surface area contributed by atoms with E-state index in [4.69, 9.17) is 19.7 Å². The first kappa shape index (κ1) is 11.9. The average molecular weight is 205 g/mol. The minimum atomic E-state index is -0.703. The summed E-state index contributed by atoms with van der Waals surface area (Å²) in [5, 5.41) is 20.8. The van der Waals surface area contributed by atoms with E-state index in [2.05, 4.69) is 5.32 Å². The van der Waals surface area contributed by atoms with Crippen molar-refractivity contribution in [3.05, 3.63) is 0 Å². The van der Waals surface area contributed by atoms with Crippen LogP contribution in [0.3, 0.4) is 0 Å². The van der Waals surface area contributed by atoms with Crippen molar-refractivity contribution >= 4 is 0 Å². The summed E-state index contributed by atoms with van der Waals surface area (Å²) in [4.78, 5) is 0. The quantitative estimate of drug-likeness (QED) is 0.504. The molecule has 1 aliphatic rings. The van der Waals surface area contributed by atoms with Crippen LogP contribution in [0.4, 0.5) is 0 Å². The zero-order chi connectivity index (χ0) is 10.4. The zero-order valence-corrected chi connectivity index (χ0v) is 8.53. The van der Waals surface area contributed by atoms with Crippen molar-refractivity contribution in [3.8, 4) is 0 Å². The summed E-state index contributed by atoms with van der Waals surface area (Å²) in [5.41, 5.74) is -0.255. The van der Waals surface area contributed by atoms with Crippen LogP contribution in [0.2, 0.25) is 0 Å². The predicted octanol–water partition coefficient (Wildman–Crippen LogP) is -1.27. The van der Waals surface area contributed by atoms with E-state index in [0.29, 0.717) is 19.7 Å². The fourth-order valence-electron chi connectivity index (χ4n) is 1.49. The molecule has 0 aromatic heterocycles. The molecule has 0 bridgehead atoms. The zero-order valence-electron chi connectivity index (χ0n) is 8.53. The highest BCUT2D eigenvalue weighted by Gasteiger charge is 2.34. The van der Waals surface area contributed by atoms with Gasteiger partial charge in [-0.3, -0.25) is 0 Å². The normalized spacial score (nSPS) is 29.4. The van der Waals surface area contributed by atoms with Crippen LogP contribution in [-0.4, -0.2) is 61.9 Å². The molecule has 2 unspecified atom stereocenters.